The van der Waals surface area contributed by atoms with Crippen LogP contribution in [0.5, 0.6) is 0 Å². The summed E-state index contributed by atoms with van der Waals surface area (Å²) in [6, 6.07) is 14.0. The molecule has 0 N–H and O–H groups in total. The van der Waals surface area contributed by atoms with Crippen molar-refractivity contribution in [3.63, 3.8) is 0 Å². The van der Waals surface area contributed by atoms with Crippen LogP contribution in [-0.4, -0.2) is 25.7 Å². The summed E-state index contributed by atoms with van der Waals surface area (Å²) in [6.07, 6.45) is 3.69. The van der Waals surface area contributed by atoms with Gasteiger partial charge >= 0.3 is 0 Å². The van der Waals surface area contributed by atoms with Crippen molar-refractivity contribution < 1.29 is 0 Å². The molecule has 5 heteroatoms. The van der Waals surface area contributed by atoms with Gasteiger partial charge in [-0.15, -0.1) is 22.0 Å². The van der Waals surface area contributed by atoms with Gasteiger partial charge in [0.15, 0.2) is 0 Å². The Kier molecular flexibility index (Phi) is 3.78. The highest BCUT2D eigenvalue weighted by Crippen LogP contribution is 2.20. The second kappa shape index (κ2) is 5.88. The zero-order valence-corrected chi connectivity index (χ0v) is 11.9. The molecule has 0 spiro atoms. The zero-order valence-electron chi connectivity index (χ0n) is 11.1. The summed E-state index contributed by atoms with van der Waals surface area (Å²) in [4.78, 5) is 0. The van der Waals surface area contributed by atoms with Gasteiger partial charge in [-0.05, 0) is 36.1 Å². The Morgan fingerprint density at radius 2 is 1.90 bits per heavy atom. The summed E-state index contributed by atoms with van der Waals surface area (Å²) in [5, 5.41) is 13.6. The minimum Gasteiger partial charge on any atom is -0.241 e. The number of aromatic nitrogens is 4. The predicted octanol–water partition coefficient (Wildman–Crippen LogP) is 3.44. The molecule has 0 atom stereocenters. The van der Waals surface area contributed by atoms with E-state index in [0.717, 1.165) is 27.7 Å². The standard InChI is InChI=1S/C15H14N4S/c1-2-20-15-9-8-14(17-18-15)12-4-6-13(7-5-12)19-11-3-10-16-19/h3-11H,2H2,1H3. The lowest BCUT2D eigenvalue weighted by Gasteiger charge is -2.04. The molecule has 2 heterocycles. The maximum Gasteiger partial charge on any atom is 0.119 e. The molecule has 2 aromatic heterocycles. The van der Waals surface area contributed by atoms with E-state index >= 15 is 0 Å². The van der Waals surface area contributed by atoms with Gasteiger partial charge in [-0.2, -0.15) is 5.10 Å². The Morgan fingerprint density at radius 1 is 1.05 bits per heavy atom. The number of hydrogen-bond acceptors (Lipinski definition) is 4. The molecule has 0 fully saturated rings. The van der Waals surface area contributed by atoms with Crippen LogP contribution in [0.2, 0.25) is 0 Å². The van der Waals surface area contributed by atoms with Gasteiger partial charge in [0.25, 0.3) is 0 Å². The van der Waals surface area contributed by atoms with Crippen LogP contribution in [0.4, 0.5) is 0 Å². The van der Waals surface area contributed by atoms with Crippen molar-refractivity contribution in [2.45, 2.75) is 11.9 Å². The molecule has 100 valence electrons. The van der Waals surface area contributed by atoms with E-state index in [-0.39, 0.29) is 0 Å². The quantitative estimate of drug-likeness (QED) is 0.688. The summed E-state index contributed by atoms with van der Waals surface area (Å²) in [6.45, 7) is 2.11. The number of hydrogen-bond donors (Lipinski definition) is 0. The van der Waals surface area contributed by atoms with Gasteiger partial charge in [0, 0.05) is 18.0 Å². The van der Waals surface area contributed by atoms with Crippen LogP contribution in [-0.2, 0) is 0 Å². The molecule has 0 saturated carbocycles. The van der Waals surface area contributed by atoms with E-state index in [2.05, 4.69) is 22.2 Å². The Morgan fingerprint density at radius 3 is 2.50 bits per heavy atom. The predicted molar refractivity (Wildman–Crippen MR) is 81.0 cm³/mol. The zero-order chi connectivity index (χ0) is 13.8. The van der Waals surface area contributed by atoms with Crippen molar-refractivity contribution in [2.24, 2.45) is 0 Å². The van der Waals surface area contributed by atoms with E-state index in [1.807, 2.05) is 53.3 Å². The molecule has 0 bridgehead atoms. The first-order chi connectivity index (χ1) is 9.86. The first-order valence-electron chi connectivity index (χ1n) is 6.44. The van der Waals surface area contributed by atoms with Gasteiger partial charge in [0.1, 0.15) is 5.03 Å². The fourth-order valence-electron chi connectivity index (χ4n) is 1.91. The number of rotatable bonds is 4. The first-order valence-corrected chi connectivity index (χ1v) is 7.42. The van der Waals surface area contributed by atoms with Crippen LogP contribution in [0.25, 0.3) is 16.9 Å². The van der Waals surface area contributed by atoms with Gasteiger partial charge in [-0.3, -0.25) is 0 Å². The fourth-order valence-corrected chi connectivity index (χ4v) is 2.46. The third-order valence-corrected chi connectivity index (χ3v) is 3.67. The summed E-state index contributed by atoms with van der Waals surface area (Å²) in [5.74, 6) is 1.01. The van der Waals surface area contributed by atoms with Crippen molar-refractivity contribution in [3.8, 4) is 16.9 Å². The summed E-state index contributed by atoms with van der Waals surface area (Å²) in [7, 11) is 0. The maximum atomic E-state index is 4.27. The minimum absolute atomic E-state index is 0.887. The van der Waals surface area contributed by atoms with E-state index in [9.17, 15) is 0 Å². The van der Waals surface area contributed by atoms with E-state index < -0.39 is 0 Å². The Bertz CT molecular complexity index is 660. The second-order valence-corrected chi connectivity index (χ2v) is 5.47. The van der Waals surface area contributed by atoms with Gasteiger partial charge < -0.3 is 0 Å². The topological polar surface area (TPSA) is 43.6 Å². The smallest absolute Gasteiger partial charge is 0.119 e. The summed E-state index contributed by atoms with van der Waals surface area (Å²) >= 11 is 1.69. The molecule has 0 aliphatic heterocycles. The molecule has 0 aliphatic carbocycles. The summed E-state index contributed by atoms with van der Waals surface area (Å²) in [5.41, 5.74) is 2.98. The highest BCUT2D eigenvalue weighted by molar-refractivity contribution is 7.99. The summed E-state index contributed by atoms with van der Waals surface area (Å²) < 4.78 is 1.83. The van der Waals surface area contributed by atoms with Crippen molar-refractivity contribution >= 4 is 11.8 Å². The lowest BCUT2D eigenvalue weighted by molar-refractivity contribution is 0.880. The molecule has 0 unspecified atom stereocenters. The van der Waals surface area contributed by atoms with E-state index in [0.29, 0.717) is 0 Å². The molecular formula is C15H14N4S. The second-order valence-electron chi connectivity index (χ2n) is 4.19. The molecular weight excluding hydrogens is 268 g/mol. The van der Waals surface area contributed by atoms with Crippen molar-refractivity contribution in [2.75, 3.05) is 5.75 Å². The van der Waals surface area contributed by atoms with Gasteiger partial charge in [0.05, 0.1) is 11.4 Å². The fraction of sp³-hybridized carbons (Fsp3) is 0.133. The van der Waals surface area contributed by atoms with E-state index in [1.165, 1.54) is 0 Å². The number of nitrogens with zero attached hydrogens (tertiary/aromatic N) is 4. The van der Waals surface area contributed by atoms with Crippen LogP contribution in [0, 0.1) is 0 Å². The van der Waals surface area contributed by atoms with Gasteiger partial charge in [-0.1, -0.05) is 19.1 Å². The van der Waals surface area contributed by atoms with Crippen LogP contribution >= 0.6 is 11.8 Å². The van der Waals surface area contributed by atoms with Crippen molar-refractivity contribution in [3.05, 3.63) is 54.9 Å². The molecule has 0 aliphatic rings. The molecule has 1 aromatic carbocycles. The molecule has 4 nitrogen and oxygen atoms in total. The molecule has 3 rings (SSSR count). The van der Waals surface area contributed by atoms with E-state index in [4.69, 9.17) is 0 Å². The highest BCUT2D eigenvalue weighted by atomic mass is 32.2. The first kappa shape index (κ1) is 12.9. The van der Waals surface area contributed by atoms with Crippen LogP contribution < -0.4 is 0 Å². The van der Waals surface area contributed by atoms with Gasteiger partial charge in [0.2, 0.25) is 0 Å². The number of benzene rings is 1. The third kappa shape index (κ3) is 2.72. The van der Waals surface area contributed by atoms with Gasteiger partial charge in [-0.25, -0.2) is 4.68 Å². The Hall–Kier alpha value is -2.14. The van der Waals surface area contributed by atoms with Crippen LogP contribution in [0.1, 0.15) is 6.92 Å². The van der Waals surface area contributed by atoms with Crippen LogP contribution in [0.15, 0.2) is 59.9 Å². The minimum atomic E-state index is 0.887. The molecule has 0 radical (unpaired) electrons. The lowest BCUT2D eigenvalue weighted by Crippen LogP contribution is -1.94. The normalized spacial score (nSPS) is 10.7. The Labute approximate surface area is 121 Å². The van der Waals surface area contributed by atoms with E-state index in [1.54, 1.807) is 18.0 Å². The van der Waals surface area contributed by atoms with Crippen LogP contribution in [0.3, 0.4) is 0 Å². The molecule has 0 amide bonds. The molecule has 3 aromatic rings. The average Bonchev–Trinajstić information content (AvgIpc) is 3.03. The SMILES string of the molecule is CCSc1ccc(-c2ccc(-n3cccn3)cc2)nn1. The molecule has 20 heavy (non-hydrogen) atoms. The maximum absolute atomic E-state index is 4.27. The monoisotopic (exact) mass is 282 g/mol. The lowest BCUT2D eigenvalue weighted by atomic mass is 10.1. The Balaban J connectivity index is 1.83. The number of thioether (sulfide) groups is 1. The average molecular weight is 282 g/mol. The largest absolute Gasteiger partial charge is 0.241 e. The highest BCUT2D eigenvalue weighted by Gasteiger charge is 2.02. The van der Waals surface area contributed by atoms with Crippen molar-refractivity contribution in [1.29, 1.82) is 0 Å². The van der Waals surface area contributed by atoms with Crippen molar-refractivity contribution in [1.82, 2.24) is 20.0 Å². The molecule has 0 saturated heterocycles. The third-order valence-electron chi connectivity index (χ3n) is 2.86.